The van der Waals surface area contributed by atoms with E-state index in [0.29, 0.717) is 24.0 Å². The molecule has 0 radical (unpaired) electrons. The van der Waals surface area contributed by atoms with Crippen LogP contribution in [0.2, 0.25) is 0 Å². The summed E-state index contributed by atoms with van der Waals surface area (Å²) in [6.45, 7) is 13.5. The monoisotopic (exact) mass is 775 g/mol. The predicted molar refractivity (Wildman–Crippen MR) is 192 cm³/mol. The van der Waals surface area contributed by atoms with Gasteiger partial charge in [0.05, 0.1) is 18.3 Å². The highest BCUT2D eigenvalue weighted by molar-refractivity contribution is 7.91. The molecule has 1 unspecified atom stereocenters. The molecule has 1 saturated heterocycles. The van der Waals surface area contributed by atoms with E-state index in [1.807, 2.05) is 0 Å². The molecule has 5 atom stereocenters. The van der Waals surface area contributed by atoms with E-state index in [1.54, 1.807) is 47.6 Å². The maximum absolute atomic E-state index is 14.4. The van der Waals surface area contributed by atoms with Crippen LogP contribution in [0.25, 0.3) is 0 Å². The number of amides is 5. The van der Waals surface area contributed by atoms with Crippen molar-refractivity contribution in [2.75, 3.05) is 6.54 Å². The van der Waals surface area contributed by atoms with Crippen molar-refractivity contribution < 1.29 is 51.0 Å². The minimum absolute atomic E-state index is 0.0475. The SMILES string of the molecule is C=C[C@@H]1C[C@]1(NC(=O)C1C[C@@H](OC(=O)N2Cc3cccc(F)c3C2)CN1C(=O)[C@H](CCC(=O)C(C)(C)C)NC(=O)OC(C)(C)C)C(=O)NS(=O)(=O)C1CC1. The van der Waals surface area contributed by atoms with Crippen molar-refractivity contribution in [3.05, 3.63) is 47.8 Å². The van der Waals surface area contributed by atoms with Crippen LogP contribution in [0.4, 0.5) is 14.0 Å². The molecule has 17 heteroatoms. The number of ether oxygens (including phenoxy) is 2. The first-order chi connectivity index (χ1) is 25.0. The molecule has 2 aliphatic carbocycles. The molecule has 0 spiro atoms. The molecular formula is C37H50FN5O10S. The normalized spacial score (nSPS) is 24.2. The first-order valence-corrected chi connectivity index (χ1v) is 19.6. The van der Waals surface area contributed by atoms with Gasteiger partial charge in [0.25, 0.3) is 5.91 Å². The minimum Gasteiger partial charge on any atom is -0.444 e. The Kier molecular flexibility index (Phi) is 11.2. The van der Waals surface area contributed by atoms with Gasteiger partial charge in [-0.2, -0.15) is 0 Å². The quantitative estimate of drug-likeness (QED) is 0.265. The Morgan fingerprint density at radius 2 is 1.76 bits per heavy atom. The lowest BCUT2D eigenvalue weighted by molar-refractivity contribution is -0.141. The van der Waals surface area contributed by atoms with E-state index in [2.05, 4.69) is 21.9 Å². The van der Waals surface area contributed by atoms with Crippen LogP contribution in [0.1, 0.15) is 91.2 Å². The van der Waals surface area contributed by atoms with Crippen LogP contribution in [0.5, 0.6) is 0 Å². The van der Waals surface area contributed by atoms with Crippen molar-refractivity contribution in [2.45, 2.75) is 128 Å². The lowest BCUT2D eigenvalue weighted by Gasteiger charge is -2.30. The molecule has 3 N–H and O–H groups in total. The molecule has 5 amide bonds. The minimum atomic E-state index is -3.97. The van der Waals surface area contributed by atoms with Crippen molar-refractivity contribution >= 4 is 45.7 Å². The summed E-state index contributed by atoms with van der Waals surface area (Å²) >= 11 is 0. The standard InChI is InChI=1S/C37H50FN5O10S/c1-8-22-17-37(22,32(47)41-54(50,51)24-12-13-24)40-30(45)28-16-23(52-34(49)42-18-21-10-9-11-26(38)25(21)20-42)19-43(28)31(46)27(14-15-29(44)35(2,3)4)39-33(48)53-36(5,6)7/h8-11,22-24,27-28H,1,12-20H2,2-7H3,(H,39,48)(H,40,45)(H,41,47)/t22-,23-,27+,28?,37-/m1/s1. The van der Waals surface area contributed by atoms with Crippen LogP contribution in [-0.4, -0.2) is 95.0 Å². The molecule has 3 fully saturated rings. The van der Waals surface area contributed by atoms with Crippen LogP contribution in [-0.2, 0) is 51.8 Å². The number of nitrogens with zero attached hydrogens (tertiary/aromatic N) is 2. The highest BCUT2D eigenvalue weighted by Crippen LogP contribution is 2.45. The predicted octanol–water partition coefficient (Wildman–Crippen LogP) is 3.21. The van der Waals surface area contributed by atoms with E-state index in [4.69, 9.17) is 9.47 Å². The van der Waals surface area contributed by atoms with E-state index in [-0.39, 0.29) is 51.1 Å². The van der Waals surface area contributed by atoms with E-state index in [0.717, 1.165) is 4.90 Å². The number of nitrogens with one attached hydrogen (secondary N) is 3. The number of likely N-dealkylation sites (tertiary alicyclic amines) is 1. The zero-order valence-corrected chi connectivity index (χ0v) is 32.3. The topological polar surface area (TPSA) is 198 Å². The van der Waals surface area contributed by atoms with Crippen molar-refractivity contribution in [1.29, 1.82) is 0 Å². The maximum atomic E-state index is 14.4. The average Bonchev–Trinajstić information content (AvgIpc) is 3.95. The number of Topliss-reactive ketones (excluding diaryl/α,β-unsaturated/α-hetero) is 1. The molecular weight excluding hydrogens is 725 g/mol. The molecule has 296 valence electrons. The molecule has 0 bridgehead atoms. The summed E-state index contributed by atoms with van der Waals surface area (Å²) in [7, 11) is -3.97. The zero-order valence-electron chi connectivity index (χ0n) is 31.5. The van der Waals surface area contributed by atoms with Gasteiger partial charge in [-0.05, 0) is 58.1 Å². The fourth-order valence-electron chi connectivity index (χ4n) is 6.68. The second-order valence-corrected chi connectivity index (χ2v) is 18.5. The number of rotatable bonds is 12. The highest BCUT2D eigenvalue weighted by Gasteiger charge is 2.62. The zero-order chi connectivity index (χ0) is 40.0. The van der Waals surface area contributed by atoms with Gasteiger partial charge in [-0.3, -0.25) is 28.8 Å². The van der Waals surface area contributed by atoms with Crippen molar-refractivity contribution in [3.63, 3.8) is 0 Å². The van der Waals surface area contributed by atoms with Crippen LogP contribution < -0.4 is 15.4 Å². The van der Waals surface area contributed by atoms with Gasteiger partial charge >= 0.3 is 12.2 Å². The summed E-state index contributed by atoms with van der Waals surface area (Å²) in [6, 6.07) is 1.81. The summed E-state index contributed by atoms with van der Waals surface area (Å²) in [5.41, 5.74) is -2.38. The fourth-order valence-corrected chi connectivity index (χ4v) is 8.04. The second-order valence-electron chi connectivity index (χ2n) is 16.6. The van der Waals surface area contributed by atoms with Gasteiger partial charge < -0.3 is 25.0 Å². The third kappa shape index (κ3) is 9.21. The van der Waals surface area contributed by atoms with Gasteiger partial charge in [0.15, 0.2) is 0 Å². The lowest BCUT2D eigenvalue weighted by atomic mass is 9.87. The number of ketones is 1. The number of halogens is 1. The van der Waals surface area contributed by atoms with Crippen molar-refractivity contribution in [1.82, 2.24) is 25.2 Å². The maximum Gasteiger partial charge on any atom is 0.410 e. The largest absolute Gasteiger partial charge is 0.444 e. The van der Waals surface area contributed by atoms with Gasteiger partial charge in [0, 0.05) is 36.3 Å². The fraction of sp³-hybridized carbons (Fsp3) is 0.622. The smallest absolute Gasteiger partial charge is 0.410 e. The summed E-state index contributed by atoms with van der Waals surface area (Å²) in [6.07, 6.45) is -0.989. The Labute approximate surface area is 314 Å². The molecule has 5 rings (SSSR count). The molecule has 54 heavy (non-hydrogen) atoms. The van der Waals surface area contributed by atoms with Gasteiger partial charge in [-0.1, -0.05) is 39.0 Å². The third-order valence-electron chi connectivity index (χ3n) is 10.0. The van der Waals surface area contributed by atoms with E-state index in [1.165, 1.54) is 23.1 Å². The van der Waals surface area contributed by atoms with Gasteiger partial charge in [-0.15, -0.1) is 6.58 Å². The van der Waals surface area contributed by atoms with Crippen LogP contribution in [0.3, 0.4) is 0 Å². The summed E-state index contributed by atoms with van der Waals surface area (Å²) < 4.78 is 53.0. The van der Waals surface area contributed by atoms with E-state index in [9.17, 15) is 41.6 Å². The summed E-state index contributed by atoms with van der Waals surface area (Å²) in [5, 5.41) is 4.50. The molecule has 2 saturated carbocycles. The number of carbonyl (C=O) groups excluding carboxylic acids is 6. The Balaban J connectivity index is 1.40. The number of hydrogen-bond acceptors (Lipinski definition) is 10. The Hall–Kier alpha value is -4.54. The van der Waals surface area contributed by atoms with Crippen molar-refractivity contribution in [3.8, 4) is 0 Å². The lowest BCUT2D eigenvalue weighted by Crippen LogP contribution is -2.58. The Bertz CT molecular complexity index is 1840. The van der Waals surface area contributed by atoms with Crippen molar-refractivity contribution in [2.24, 2.45) is 11.3 Å². The molecule has 4 aliphatic rings. The van der Waals surface area contributed by atoms with Crippen LogP contribution >= 0.6 is 0 Å². The molecule has 15 nitrogen and oxygen atoms in total. The Morgan fingerprint density at radius 1 is 1.07 bits per heavy atom. The molecule has 0 aromatic heterocycles. The Morgan fingerprint density at radius 3 is 2.33 bits per heavy atom. The molecule has 2 aliphatic heterocycles. The summed E-state index contributed by atoms with van der Waals surface area (Å²) in [5.74, 6) is -3.80. The molecule has 2 heterocycles. The van der Waals surface area contributed by atoms with E-state index >= 15 is 0 Å². The number of hydrogen-bond donors (Lipinski definition) is 3. The molecule has 1 aromatic rings. The van der Waals surface area contributed by atoms with Gasteiger partial charge in [0.1, 0.15) is 40.9 Å². The van der Waals surface area contributed by atoms with Gasteiger partial charge in [-0.25, -0.2) is 22.4 Å². The van der Waals surface area contributed by atoms with E-state index < -0.39 is 91.7 Å². The number of sulfonamides is 1. The van der Waals surface area contributed by atoms with Crippen LogP contribution in [0, 0.1) is 17.2 Å². The highest BCUT2D eigenvalue weighted by atomic mass is 32.2. The number of carbonyl (C=O) groups is 6. The summed E-state index contributed by atoms with van der Waals surface area (Å²) in [4.78, 5) is 83.7. The number of benzene rings is 1. The third-order valence-corrected chi connectivity index (χ3v) is 11.9. The van der Waals surface area contributed by atoms with Gasteiger partial charge in [0.2, 0.25) is 21.8 Å². The second kappa shape index (κ2) is 14.9. The first kappa shape index (κ1) is 40.6. The average molecular weight is 776 g/mol. The number of alkyl carbamates (subject to hydrolysis) is 1. The molecule has 1 aromatic carbocycles. The first-order valence-electron chi connectivity index (χ1n) is 18.1. The number of fused-ring (bicyclic) bond motifs is 1. The van der Waals surface area contributed by atoms with Crippen LogP contribution in [0.15, 0.2) is 30.9 Å².